The number of aromatic nitrogens is 2. The van der Waals surface area contributed by atoms with E-state index in [4.69, 9.17) is 4.42 Å². The molecule has 4 aromatic rings. The number of hydrogen-bond donors (Lipinski definition) is 1. The normalized spacial score (nSPS) is 18.3. The number of carbonyl (C=O) groups excluding carboxylic acids is 1. The highest BCUT2D eigenvalue weighted by Crippen LogP contribution is 2.28. The van der Waals surface area contributed by atoms with Gasteiger partial charge in [-0.25, -0.2) is 13.4 Å². The molecule has 0 spiro atoms. The van der Waals surface area contributed by atoms with Gasteiger partial charge in [0.1, 0.15) is 16.1 Å². The first-order valence-electron chi connectivity index (χ1n) is 9.67. The monoisotopic (exact) mass is 424 g/mol. The van der Waals surface area contributed by atoms with Crippen molar-refractivity contribution in [1.82, 2.24) is 19.2 Å². The molecule has 3 aromatic heterocycles. The summed E-state index contributed by atoms with van der Waals surface area (Å²) in [6.07, 6.45) is 3.09. The Labute approximate surface area is 173 Å². The molecule has 1 aromatic carbocycles. The molecule has 1 N–H and O–H groups in total. The molecule has 5 rings (SSSR count). The number of rotatable bonds is 3. The van der Waals surface area contributed by atoms with Gasteiger partial charge in [-0.3, -0.25) is 4.79 Å². The fraction of sp³-hybridized carbons (Fsp3) is 0.238. The molecule has 1 fully saturated rings. The van der Waals surface area contributed by atoms with E-state index in [0.717, 1.165) is 5.39 Å². The fourth-order valence-electron chi connectivity index (χ4n) is 4.00. The number of H-pyrrole nitrogens is 1. The lowest BCUT2D eigenvalue weighted by atomic mass is 10.2. The van der Waals surface area contributed by atoms with E-state index in [9.17, 15) is 13.2 Å². The number of para-hydroxylation sites is 1. The number of furan rings is 1. The van der Waals surface area contributed by atoms with Gasteiger partial charge in [-0.05, 0) is 31.2 Å². The molecule has 4 heterocycles. The van der Waals surface area contributed by atoms with E-state index >= 15 is 0 Å². The van der Waals surface area contributed by atoms with Crippen molar-refractivity contribution >= 4 is 37.9 Å². The van der Waals surface area contributed by atoms with E-state index < -0.39 is 10.0 Å². The number of carbonyl (C=O) groups is 1. The molecular formula is C21H20N4O4S. The van der Waals surface area contributed by atoms with Crippen molar-refractivity contribution in [1.29, 1.82) is 0 Å². The first-order valence-corrected chi connectivity index (χ1v) is 11.1. The molecule has 1 atom stereocenters. The topological polar surface area (TPSA) is 99.5 Å². The molecule has 0 bridgehead atoms. The third-order valence-electron chi connectivity index (χ3n) is 5.49. The molecule has 30 heavy (non-hydrogen) atoms. The quantitative estimate of drug-likeness (QED) is 0.545. The van der Waals surface area contributed by atoms with E-state index in [1.807, 2.05) is 31.2 Å². The SMILES string of the molecule is C[C@H]1CN(C(=O)c2cc3ccccc3o2)CCN1S(=O)(=O)c1c[nH]c2ncccc12. The van der Waals surface area contributed by atoms with Crippen LogP contribution in [-0.2, 0) is 10.0 Å². The molecule has 0 saturated carbocycles. The summed E-state index contributed by atoms with van der Waals surface area (Å²) in [7, 11) is -3.73. The van der Waals surface area contributed by atoms with E-state index in [-0.39, 0.29) is 35.7 Å². The Morgan fingerprint density at radius 2 is 2.03 bits per heavy atom. The van der Waals surface area contributed by atoms with Gasteiger partial charge in [-0.15, -0.1) is 0 Å². The zero-order valence-electron chi connectivity index (χ0n) is 16.3. The summed E-state index contributed by atoms with van der Waals surface area (Å²) < 4.78 is 33.7. The van der Waals surface area contributed by atoms with Crippen LogP contribution in [0.2, 0.25) is 0 Å². The third kappa shape index (κ3) is 2.98. The zero-order valence-corrected chi connectivity index (χ0v) is 17.1. The molecule has 1 saturated heterocycles. The molecule has 9 heteroatoms. The van der Waals surface area contributed by atoms with Crippen molar-refractivity contribution in [3.05, 3.63) is 60.6 Å². The molecule has 1 aliphatic rings. The summed E-state index contributed by atoms with van der Waals surface area (Å²) in [5, 5.41) is 1.42. The van der Waals surface area contributed by atoms with E-state index in [1.165, 1.54) is 10.5 Å². The number of amides is 1. The number of pyridine rings is 1. The maximum Gasteiger partial charge on any atom is 0.289 e. The van der Waals surface area contributed by atoms with Gasteiger partial charge < -0.3 is 14.3 Å². The van der Waals surface area contributed by atoms with Crippen LogP contribution >= 0.6 is 0 Å². The molecule has 8 nitrogen and oxygen atoms in total. The highest BCUT2D eigenvalue weighted by Gasteiger charge is 2.37. The highest BCUT2D eigenvalue weighted by molar-refractivity contribution is 7.89. The smallest absolute Gasteiger partial charge is 0.289 e. The van der Waals surface area contributed by atoms with Crippen molar-refractivity contribution in [3.63, 3.8) is 0 Å². The fourth-order valence-corrected chi connectivity index (χ4v) is 5.76. The maximum absolute atomic E-state index is 13.3. The maximum atomic E-state index is 13.3. The summed E-state index contributed by atoms with van der Waals surface area (Å²) in [6, 6.07) is 12.2. The predicted molar refractivity (Wildman–Crippen MR) is 112 cm³/mol. The van der Waals surface area contributed by atoms with Gasteiger partial charge in [0.2, 0.25) is 10.0 Å². The number of hydrogen-bond acceptors (Lipinski definition) is 5. The van der Waals surface area contributed by atoms with Crippen molar-refractivity contribution in [2.24, 2.45) is 0 Å². The second kappa shape index (κ2) is 6.96. The van der Waals surface area contributed by atoms with Crippen molar-refractivity contribution in [2.75, 3.05) is 19.6 Å². The van der Waals surface area contributed by atoms with Gasteiger partial charge in [-0.2, -0.15) is 4.31 Å². The van der Waals surface area contributed by atoms with Gasteiger partial charge in [0, 0.05) is 48.8 Å². The van der Waals surface area contributed by atoms with Crippen LogP contribution in [-0.4, -0.2) is 59.2 Å². The Kier molecular flexibility index (Phi) is 4.37. The molecule has 0 radical (unpaired) electrons. The number of nitrogens with zero attached hydrogens (tertiary/aromatic N) is 3. The first kappa shape index (κ1) is 18.8. The average Bonchev–Trinajstić information content (AvgIpc) is 3.37. The van der Waals surface area contributed by atoms with Crippen molar-refractivity contribution in [3.8, 4) is 0 Å². The van der Waals surface area contributed by atoms with Gasteiger partial charge in [0.05, 0.1) is 0 Å². The lowest BCUT2D eigenvalue weighted by Gasteiger charge is -2.38. The van der Waals surface area contributed by atoms with Gasteiger partial charge in [0.25, 0.3) is 5.91 Å². The number of fused-ring (bicyclic) bond motifs is 2. The lowest BCUT2D eigenvalue weighted by molar-refractivity contribution is 0.0613. The number of nitrogens with one attached hydrogen (secondary N) is 1. The van der Waals surface area contributed by atoms with Gasteiger partial charge >= 0.3 is 0 Å². The van der Waals surface area contributed by atoms with Crippen LogP contribution in [0.1, 0.15) is 17.5 Å². The van der Waals surface area contributed by atoms with E-state index in [0.29, 0.717) is 23.2 Å². The van der Waals surface area contributed by atoms with Crippen LogP contribution in [0.5, 0.6) is 0 Å². The van der Waals surface area contributed by atoms with Crippen LogP contribution in [0.4, 0.5) is 0 Å². The summed E-state index contributed by atoms with van der Waals surface area (Å²) >= 11 is 0. The Bertz CT molecular complexity index is 1320. The van der Waals surface area contributed by atoms with E-state index in [1.54, 1.807) is 29.3 Å². The van der Waals surface area contributed by atoms with Crippen LogP contribution in [0.3, 0.4) is 0 Å². The van der Waals surface area contributed by atoms with Crippen LogP contribution in [0.15, 0.2) is 64.2 Å². The second-order valence-corrected chi connectivity index (χ2v) is 9.28. The van der Waals surface area contributed by atoms with Crippen molar-refractivity contribution in [2.45, 2.75) is 17.9 Å². The second-order valence-electron chi connectivity index (χ2n) is 7.42. The molecule has 0 unspecified atom stereocenters. The molecule has 1 amide bonds. The van der Waals surface area contributed by atoms with Gasteiger partial charge in [0.15, 0.2) is 5.76 Å². The number of benzene rings is 1. The molecule has 0 aliphatic carbocycles. The minimum atomic E-state index is -3.73. The summed E-state index contributed by atoms with van der Waals surface area (Å²) in [5.74, 6) is 0.0359. The Hall–Kier alpha value is -3.17. The third-order valence-corrected chi connectivity index (χ3v) is 7.54. The molecule has 1 aliphatic heterocycles. The average molecular weight is 424 g/mol. The number of aromatic amines is 1. The Morgan fingerprint density at radius 1 is 1.20 bits per heavy atom. The largest absolute Gasteiger partial charge is 0.451 e. The number of piperazine rings is 1. The summed E-state index contributed by atoms with van der Waals surface area (Å²) in [4.78, 5) is 21.9. The predicted octanol–water partition coefficient (Wildman–Crippen LogP) is 2.84. The Morgan fingerprint density at radius 3 is 2.83 bits per heavy atom. The van der Waals surface area contributed by atoms with Crippen molar-refractivity contribution < 1.29 is 17.6 Å². The van der Waals surface area contributed by atoms with E-state index in [2.05, 4.69) is 9.97 Å². The van der Waals surface area contributed by atoms with Gasteiger partial charge in [-0.1, -0.05) is 18.2 Å². The minimum Gasteiger partial charge on any atom is -0.451 e. The van der Waals surface area contributed by atoms with Crippen LogP contribution < -0.4 is 0 Å². The lowest BCUT2D eigenvalue weighted by Crippen LogP contribution is -2.55. The molecular weight excluding hydrogens is 404 g/mol. The molecule has 154 valence electrons. The summed E-state index contributed by atoms with van der Waals surface area (Å²) in [5.41, 5.74) is 1.19. The number of sulfonamides is 1. The van der Waals surface area contributed by atoms with Crippen LogP contribution in [0, 0.1) is 0 Å². The standard InChI is InChI=1S/C21H20N4O4S/c1-14-13-24(21(26)18-11-15-5-2-3-7-17(15)29-18)9-10-25(14)30(27,28)19-12-23-20-16(19)6-4-8-22-20/h2-8,11-12,14H,9-10,13H2,1H3,(H,22,23)/t14-/m0/s1. The minimum absolute atomic E-state index is 0.203. The highest BCUT2D eigenvalue weighted by atomic mass is 32.2. The van der Waals surface area contributed by atoms with Crippen LogP contribution in [0.25, 0.3) is 22.0 Å². The Balaban J connectivity index is 1.38. The first-order chi connectivity index (χ1) is 14.4. The summed E-state index contributed by atoms with van der Waals surface area (Å²) in [6.45, 7) is 2.60. The zero-order chi connectivity index (χ0) is 20.9.